The van der Waals surface area contributed by atoms with Crippen LogP contribution in [0.15, 0.2) is 59.6 Å². The summed E-state index contributed by atoms with van der Waals surface area (Å²) >= 11 is 1.29. The van der Waals surface area contributed by atoms with Gasteiger partial charge in [-0.25, -0.2) is 8.42 Å². The monoisotopic (exact) mass is 474 g/mol. The van der Waals surface area contributed by atoms with Gasteiger partial charge < -0.3 is 14.7 Å². The van der Waals surface area contributed by atoms with Gasteiger partial charge in [-0.15, -0.1) is 0 Å². The van der Waals surface area contributed by atoms with E-state index in [-0.39, 0.29) is 42.1 Å². The van der Waals surface area contributed by atoms with Crippen molar-refractivity contribution in [3.8, 4) is 11.5 Å². The Morgan fingerprint density at radius 1 is 1.03 bits per heavy atom. The van der Waals surface area contributed by atoms with E-state index in [1.54, 1.807) is 17.0 Å². The number of para-hydroxylation sites is 1. The molecule has 0 radical (unpaired) electrons. The van der Waals surface area contributed by atoms with E-state index >= 15 is 0 Å². The number of rotatable bonds is 7. The number of sulfone groups is 1. The molecule has 0 aromatic heterocycles. The van der Waals surface area contributed by atoms with Gasteiger partial charge in [-0.1, -0.05) is 30.0 Å². The molecule has 10 heteroatoms. The van der Waals surface area contributed by atoms with Crippen LogP contribution in [0, 0.1) is 0 Å². The molecule has 0 saturated carbocycles. The van der Waals surface area contributed by atoms with E-state index in [1.807, 2.05) is 42.5 Å². The van der Waals surface area contributed by atoms with Crippen molar-refractivity contribution >= 4 is 44.3 Å². The summed E-state index contributed by atoms with van der Waals surface area (Å²) in [5, 5.41) is 9.00. The normalized spacial score (nSPS) is 22.6. The summed E-state index contributed by atoms with van der Waals surface area (Å²) in [6.07, 6.45) is 0.143. The maximum absolute atomic E-state index is 12.3. The van der Waals surface area contributed by atoms with E-state index in [2.05, 4.69) is 4.99 Å². The fraction of sp³-hybridized carbons (Fsp3) is 0.318. The van der Waals surface area contributed by atoms with Crippen LogP contribution >= 0.6 is 11.8 Å². The first kappa shape index (κ1) is 22.3. The van der Waals surface area contributed by atoms with Gasteiger partial charge in [0.1, 0.15) is 11.5 Å². The van der Waals surface area contributed by atoms with Crippen molar-refractivity contribution in [3.63, 3.8) is 0 Å². The van der Waals surface area contributed by atoms with Gasteiger partial charge in [-0.3, -0.25) is 9.59 Å². The van der Waals surface area contributed by atoms with Crippen LogP contribution < -0.4 is 9.64 Å². The van der Waals surface area contributed by atoms with Gasteiger partial charge in [0.2, 0.25) is 5.91 Å². The summed E-state index contributed by atoms with van der Waals surface area (Å²) in [6, 6.07) is 16.2. The predicted molar refractivity (Wildman–Crippen MR) is 123 cm³/mol. The fourth-order valence-corrected chi connectivity index (χ4v) is 7.65. The highest BCUT2D eigenvalue weighted by Crippen LogP contribution is 2.41. The lowest BCUT2D eigenvalue weighted by Gasteiger charge is -2.24. The third-order valence-electron chi connectivity index (χ3n) is 5.16. The molecule has 2 aromatic rings. The molecule has 32 heavy (non-hydrogen) atoms. The number of fused-ring (bicyclic) bond motifs is 1. The first-order chi connectivity index (χ1) is 15.3. The van der Waals surface area contributed by atoms with E-state index < -0.39 is 21.7 Å². The Kier molecular flexibility index (Phi) is 6.52. The van der Waals surface area contributed by atoms with Crippen molar-refractivity contribution < 1.29 is 27.9 Å². The standard InChI is InChI=1S/C22H22N2O6S2/c25-20(7-4-8-21(26)27)23-22-24(18-13-32(28,29)14-19(18)31-22)15-9-11-17(12-10-15)30-16-5-2-1-3-6-16/h1-3,5-6,9-12,18-19H,4,7-8,13-14H2,(H,26,27)/t18-,19+/m1/s1. The molecule has 0 bridgehead atoms. The third-order valence-corrected chi connectivity index (χ3v) is 8.37. The minimum Gasteiger partial charge on any atom is -0.481 e. The Hall–Kier alpha value is -2.85. The van der Waals surface area contributed by atoms with Crippen LogP contribution in [0.5, 0.6) is 11.5 Å². The number of carboxylic acids is 1. The lowest BCUT2D eigenvalue weighted by molar-refractivity contribution is -0.137. The predicted octanol–water partition coefficient (Wildman–Crippen LogP) is 3.34. The second-order valence-electron chi connectivity index (χ2n) is 7.61. The van der Waals surface area contributed by atoms with Crippen molar-refractivity contribution in [1.82, 2.24) is 0 Å². The molecule has 4 rings (SSSR count). The van der Waals surface area contributed by atoms with Crippen LogP contribution in [0.2, 0.25) is 0 Å². The number of amidine groups is 1. The minimum atomic E-state index is -3.16. The molecule has 2 atom stereocenters. The summed E-state index contributed by atoms with van der Waals surface area (Å²) < 4.78 is 30.2. The summed E-state index contributed by atoms with van der Waals surface area (Å²) in [6.45, 7) is 0. The van der Waals surface area contributed by atoms with Crippen LogP contribution in [0.25, 0.3) is 0 Å². The van der Waals surface area contributed by atoms with Gasteiger partial charge in [-0.2, -0.15) is 4.99 Å². The number of benzene rings is 2. The summed E-state index contributed by atoms with van der Waals surface area (Å²) in [5.41, 5.74) is 0.722. The highest BCUT2D eigenvalue weighted by atomic mass is 32.2. The van der Waals surface area contributed by atoms with E-state index in [0.29, 0.717) is 16.7 Å². The van der Waals surface area contributed by atoms with Gasteiger partial charge in [0, 0.05) is 23.8 Å². The third kappa shape index (κ3) is 5.31. The average molecular weight is 475 g/mol. The number of aliphatic carboxylic acids is 1. The molecule has 1 amide bonds. The number of carbonyl (C=O) groups is 2. The fourth-order valence-electron chi connectivity index (χ4n) is 3.72. The van der Waals surface area contributed by atoms with Crippen LogP contribution in [0.3, 0.4) is 0 Å². The van der Waals surface area contributed by atoms with Gasteiger partial charge in [-0.05, 0) is 42.8 Å². The van der Waals surface area contributed by atoms with E-state index in [1.165, 1.54) is 11.8 Å². The first-order valence-corrected chi connectivity index (χ1v) is 12.8. The number of aliphatic imine (C=N–C) groups is 1. The van der Waals surface area contributed by atoms with Gasteiger partial charge in [0.15, 0.2) is 15.0 Å². The average Bonchev–Trinajstić information content (AvgIpc) is 3.20. The number of thioether (sulfide) groups is 1. The number of nitrogens with zero attached hydrogens (tertiary/aromatic N) is 2. The van der Waals surface area contributed by atoms with Crippen molar-refractivity contribution in [2.75, 3.05) is 16.4 Å². The molecule has 0 unspecified atom stereocenters. The van der Waals surface area contributed by atoms with E-state index in [0.717, 1.165) is 5.69 Å². The summed E-state index contributed by atoms with van der Waals surface area (Å²) in [7, 11) is -3.16. The van der Waals surface area contributed by atoms with Gasteiger partial charge in [0.25, 0.3) is 0 Å². The number of hydrogen-bond acceptors (Lipinski definition) is 6. The molecular formula is C22H22N2O6S2. The molecule has 2 aliphatic heterocycles. The second kappa shape index (κ2) is 9.33. The highest BCUT2D eigenvalue weighted by Gasteiger charge is 2.49. The number of carbonyl (C=O) groups excluding carboxylic acids is 1. The Balaban J connectivity index is 1.55. The smallest absolute Gasteiger partial charge is 0.303 e. The number of amides is 1. The molecule has 2 heterocycles. The minimum absolute atomic E-state index is 0.000835. The highest BCUT2D eigenvalue weighted by molar-refractivity contribution is 8.16. The molecule has 2 fully saturated rings. The molecule has 2 aromatic carbocycles. The molecule has 2 saturated heterocycles. The molecule has 2 aliphatic rings. The maximum Gasteiger partial charge on any atom is 0.303 e. The van der Waals surface area contributed by atoms with Crippen LogP contribution in [-0.4, -0.2) is 53.4 Å². The lowest BCUT2D eigenvalue weighted by atomic mass is 10.2. The van der Waals surface area contributed by atoms with E-state index in [4.69, 9.17) is 9.84 Å². The zero-order valence-electron chi connectivity index (χ0n) is 17.1. The Bertz CT molecular complexity index is 1130. The number of ether oxygens (including phenoxy) is 1. The first-order valence-electron chi connectivity index (χ1n) is 10.1. The molecule has 0 spiro atoms. The van der Waals surface area contributed by atoms with Crippen LogP contribution in [-0.2, 0) is 19.4 Å². The lowest BCUT2D eigenvalue weighted by Crippen LogP contribution is -2.37. The van der Waals surface area contributed by atoms with Crippen molar-refractivity contribution in [3.05, 3.63) is 54.6 Å². The number of carboxylic acid groups (broad SMARTS) is 1. The summed E-state index contributed by atoms with van der Waals surface area (Å²) in [4.78, 5) is 29.0. The van der Waals surface area contributed by atoms with Crippen molar-refractivity contribution in [2.24, 2.45) is 4.99 Å². The van der Waals surface area contributed by atoms with Gasteiger partial charge in [0.05, 0.1) is 17.5 Å². The maximum atomic E-state index is 12.3. The zero-order chi connectivity index (χ0) is 22.7. The van der Waals surface area contributed by atoms with Crippen molar-refractivity contribution in [1.29, 1.82) is 0 Å². The van der Waals surface area contributed by atoms with Crippen LogP contribution in [0.4, 0.5) is 5.69 Å². The summed E-state index contributed by atoms with van der Waals surface area (Å²) in [5.74, 6) is 0.00336. The van der Waals surface area contributed by atoms with Crippen molar-refractivity contribution in [2.45, 2.75) is 30.6 Å². The topological polar surface area (TPSA) is 113 Å². The second-order valence-corrected chi connectivity index (χ2v) is 11.0. The van der Waals surface area contributed by atoms with Crippen LogP contribution in [0.1, 0.15) is 19.3 Å². The van der Waals surface area contributed by atoms with E-state index in [9.17, 15) is 18.0 Å². The molecule has 8 nitrogen and oxygen atoms in total. The number of anilines is 1. The molecule has 1 N–H and O–H groups in total. The molecular weight excluding hydrogens is 452 g/mol. The number of hydrogen-bond donors (Lipinski definition) is 1. The SMILES string of the molecule is O=C(O)CCCC(=O)N=C1S[C@H]2CS(=O)(=O)C[C@H]2N1c1ccc(Oc2ccccc2)cc1. The Morgan fingerprint density at radius 3 is 2.41 bits per heavy atom. The molecule has 0 aliphatic carbocycles. The zero-order valence-corrected chi connectivity index (χ0v) is 18.7. The van der Waals surface area contributed by atoms with Gasteiger partial charge >= 0.3 is 5.97 Å². The largest absolute Gasteiger partial charge is 0.481 e. The Morgan fingerprint density at radius 2 is 1.72 bits per heavy atom. The Labute approximate surface area is 190 Å². The quantitative estimate of drug-likeness (QED) is 0.650. The molecule has 168 valence electrons.